The summed E-state index contributed by atoms with van der Waals surface area (Å²) in [6.07, 6.45) is 0.118. The quantitative estimate of drug-likeness (QED) is 0.775. The number of halogens is 1. The zero-order valence-corrected chi connectivity index (χ0v) is 8.96. The number of benzene rings is 1. The number of Topliss-reactive ketones (excluding diaryl/α,β-unsaturated/α-hetero) is 1. The van der Waals surface area contributed by atoms with Gasteiger partial charge in [0, 0.05) is 5.56 Å². The number of carbonyl (C=O) groups is 1. The first kappa shape index (κ1) is 11.9. The van der Waals surface area contributed by atoms with Gasteiger partial charge in [-0.25, -0.2) is 4.39 Å². The molecule has 0 spiro atoms. The van der Waals surface area contributed by atoms with Crippen LogP contribution in [0.4, 0.5) is 4.39 Å². The summed E-state index contributed by atoms with van der Waals surface area (Å²) in [4.78, 5) is 11.6. The van der Waals surface area contributed by atoms with Crippen molar-refractivity contribution in [2.75, 3.05) is 0 Å². The molecule has 1 rings (SSSR count). The van der Waals surface area contributed by atoms with Gasteiger partial charge in [-0.3, -0.25) is 4.79 Å². The molecule has 15 heavy (non-hydrogen) atoms. The van der Waals surface area contributed by atoms with Crippen molar-refractivity contribution in [1.29, 1.82) is 0 Å². The molecular formula is C12H15FO2. The molecule has 0 heterocycles. The van der Waals surface area contributed by atoms with Crippen molar-refractivity contribution in [2.45, 2.75) is 32.8 Å². The molecule has 0 saturated heterocycles. The minimum Gasteiger partial charge on any atom is -0.385 e. The lowest BCUT2D eigenvalue weighted by atomic mass is 10.0. The third kappa shape index (κ3) is 2.86. The van der Waals surface area contributed by atoms with Gasteiger partial charge in [-0.15, -0.1) is 0 Å². The fourth-order valence-electron chi connectivity index (χ4n) is 1.34. The Balaban J connectivity index is 2.87. The standard InChI is InChI=1S/C12H15FO2/c1-3-4-11(14)12(15)9-6-5-8(2)10(13)7-9/h5-7,11,14H,3-4H2,1-2H3. The van der Waals surface area contributed by atoms with Crippen LogP contribution in [0.2, 0.25) is 0 Å². The highest BCUT2D eigenvalue weighted by molar-refractivity contribution is 5.99. The summed E-state index contributed by atoms with van der Waals surface area (Å²) >= 11 is 0. The van der Waals surface area contributed by atoms with Crippen LogP contribution in [-0.4, -0.2) is 17.0 Å². The topological polar surface area (TPSA) is 37.3 Å². The summed E-state index contributed by atoms with van der Waals surface area (Å²) in [5.74, 6) is -0.819. The molecule has 3 heteroatoms. The van der Waals surface area contributed by atoms with Gasteiger partial charge < -0.3 is 5.11 Å². The molecule has 0 aliphatic heterocycles. The first-order valence-electron chi connectivity index (χ1n) is 5.04. The van der Waals surface area contributed by atoms with E-state index in [0.717, 1.165) is 6.42 Å². The highest BCUT2D eigenvalue weighted by atomic mass is 19.1. The molecule has 2 nitrogen and oxygen atoms in total. The lowest BCUT2D eigenvalue weighted by Gasteiger charge is -2.08. The predicted octanol–water partition coefficient (Wildman–Crippen LogP) is 2.48. The Labute approximate surface area is 88.7 Å². The third-order valence-electron chi connectivity index (χ3n) is 2.32. The second-order valence-corrected chi connectivity index (χ2v) is 3.63. The second-order valence-electron chi connectivity index (χ2n) is 3.63. The van der Waals surface area contributed by atoms with Gasteiger partial charge in [-0.05, 0) is 25.0 Å². The molecule has 0 saturated carbocycles. The van der Waals surface area contributed by atoms with E-state index in [4.69, 9.17) is 0 Å². The van der Waals surface area contributed by atoms with Crippen LogP contribution in [0.25, 0.3) is 0 Å². The first-order valence-corrected chi connectivity index (χ1v) is 5.04. The molecule has 0 aliphatic carbocycles. The number of aliphatic hydroxyl groups excluding tert-OH is 1. The van der Waals surface area contributed by atoms with Crippen molar-refractivity contribution in [3.8, 4) is 0 Å². The van der Waals surface area contributed by atoms with Gasteiger partial charge in [0.05, 0.1) is 0 Å². The van der Waals surface area contributed by atoms with E-state index in [1.54, 1.807) is 19.1 Å². The summed E-state index contributed by atoms with van der Waals surface area (Å²) in [5.41, 5.74) is 0.732. The Morgan fingerprint density at radius 2 is 2.20 bits per heavy atom. The van der Waals surface area contributed by atoms with E-state index in [0.29, 0.717) is 12.0 Å². The van der Waals surface area contributed by atoms with Crippen LogP contribution in [0, 0.1) is 12.7 Å². The van der Waals surface area contributed by atoms with Crippen molar-refractivity contribution in [2.24, 2.45) is 0 Å². The number of hydrogen-bond donors (Lipinski definition) is 1. The van der Waals surface area contributed by atoms with E-state index in [2.05, 4.69) is 0 Å². The Kier molecular flexibility index (Phi) is 3.97. The smallest absolute Gasteiger partial charge is 0.191 e. The molecule has 1 unspecified atom stereocenters. The van der Waals surface area contributed by atoms with Crippen LogP contribution in [0.5, 0.6) is 0 Å². The van der Waals surface area contributed by atoms with Gasteiger partial charge in [0.1, 0.15) is 11.9 Å². The second kappa shape index (κ2) is 5.03. The lowest BCUT2D eigenvalue weighted by molar-refractivity contribution is 0.0729. The van der Waals surface area contributed by atoms with Gasteiger partial charge in [-0.1, -0.05) is 25.5 Å². The van der Waals surface area contributed by atoms with Crippen LogP contribution >= 0.6 is 0 Å². The molecule has 0 aliphatic rings. The van der Waals surface area contributed by atoms with Crippen molar-refractivity contribution >= 4 is 5.78 Å². The van der Waals surface area contributed by atoms with Crippen LogP contribution in [0.1, 0.15) is 35.7 Å². The van der Waals surface area contributed by atoms with Crippen LogP contribution in [-0.2, 0) is 0 Å². The molecule has 0 amide bonds. The highest BCUT2D eigenvalue weighted by Crippen LogP contribution is 2.12. The molecule has 1 N–H and O–H groups in total. The molecule has 1 aromatic rings. The number of aliphatic hydroxyl groups is 1. The average molecular weight is 210 g/mol. The minimum absolute atomic E-state index is 0.235. The third-order valence-corrected chi connectivity index (χ3v) is 2.32. The number of aryl methyl sites for hydroxylation is 1. The molecular weight excluding hydrogens is 195 g/mol. The van der Waals surface area contributed by atoms with Crippen LogP contribution < -0.4 is 0 Å². The first-order chi connectivity index (χ1) is 7.06. The Hall–Kier alpha value is -1.22. The Morgan fingerprint density at radius 3 is 2.73 bits per heavy atom. The summed E-state index contributed by atoms with van der Waals surface area (Å²) < 4.78 is 13.2. The fraction of sp³-hybridized carbons (Fsp3) is 0.417. The lowest BCUT2D eigenvalue weighted by Crippen LogP contribution is -2.20. The normalized spacial score (nSPS) is 12.5. The van der Waals surface area contributed by atoms with Gasteiger partial charge in [0.2, 0.25) is 0 Å². The molecule has 0 fully saturated rings. The molecule has 0 bridgehead atoms. The average Bonchev–Trinajstić information content (AvgIpc) is 2.21. The number of hydrogen-bond acceptors (Lipinski definition) is 2. The van der Waals surface area contributed by atoms with E-state index in [1.165, 1.54) is 6.07 Å². The van der Waals surface area contributed by atoms with Gasteiger partial charge >= 0.3 is 0 Å². The van der Waals surface area contributed by atoms with Gasteiger partial charge in [0.25, 0.3) is 0 Å². The summed E-state index contributed by atoms with van der Waals surface area (Å²) in [5, 5.41) is 9.46. The van der Waals surface area contributed by atoms with E-state index in [-0.39, 0.29) is 5.56 Å². The summed E-state index contributed by atoms with van der Waals surface area (Å²) in [6.45, 7) is 3.51. The number of rotatable bonds is 4. The molecule has 82 valence electrons. The molecule has 0 radical (unpaired) electrons. The van der Waals surface area contributed by atoms with E-state index in [9.17, 15) is 14.3 Å². The van der Waals surface area contributed by atoms with Crippen LogP contribution in [0.15, 0.2) is 18.2 Å². The fourth-order valence-corrected chi connectivity index (χ4v) is 1.34. The van der Waals surface area contributed by atoms with Gasteiger partial charge in [0.15, 0.2) is 5.78 Å². The maximum Gasteiger partial charge on any atom is 0.191 e. The van der Waals surface area contributed by atoms with Crippen molar-refractivity contribution in [3.63, 3.8) is 0 Å². The molecule has 1 aromatic carbocycles. The summed E-state index contributed by atoms with van der Waals surface area (Å²) in [6, 6.07) is 4.26. The highest BCUT2D eigenvalue weighted by Gasteiger charge is 2.16. The van der Waals surface area contributed by atoms with Crippen molar-refractivity contribution in [3.05, 3.63) is 35.1 Å². The predicted molar refractivity (Wildman–Crippen MR) is 56.4 cm³/mol. The van der Waals surface area contributed by atoms with Crippen molar-refractivity contribution in [1.82, 2.24) is 0 Å². The minimum atomic E-state index is -1.02. The largest absolute Gasteiger partial charge is 0.385 e. The zero-order chi connectivity index (χ0) is 11.4. The van der Waals surface area contributed by atoms with Gasteiger partial charge in [-0.2, -0.15) is 0 Å². The van der Waals surface area contributed by atoms with E-state index < -0.39 is 17.7 Å². The maximum absolute atomic E-state index is 13.2. The molecule has 0 aromatic heterocycles. The van der Waals surface area contributed by atoms with E-state index in [1.807, 2.05) is 6.92 Å². The van der Waals surface area contributed by atoms with Crippen molar-refractivity contribution < 1.29 is 14.3 Å². The van der Waals surface area contributed by atoms with Crippen LogP contribution in [0.3, 0.4) is 0 Å². The Morgan fingerprint density at radius 1 is 1.53 bits per heavy atom. The zero-order valence-electron chi connectivity index (χ0n) is 8.96. The SMILES string of the molecule is CCCC(O)C(=O)c1ccc(C)c(F)c1. The van der Waals surface area contributed by atoms with E-state index >= 15 is 0 Å². The maximum atomic E-state index is 13.2. The monoisotopic (exact) mass is 210 g/mol. The summed E-state index contributed by atoms with van der Waals surface area (Å²) in [7, 11) is 0. The Bertz CT molecular complexity index is 361. The number of carbonyl (C=O) groups excluding carboxylic acids is 1. The number of ketones is 1. The molecule has 1 atom stereocenters.